The van der Waals surface area contributed by atoms with E-state index in [0.29, 0.717) is 16.5 Å². The summed E-state index contributed by atoms with van der Waals surface area (Å²) in [5, 5.41) is 0.598. The van der Waals surface area contributed by atoms with Crippen LogP contribution in [-0.4, -0.2) is 23.6 Å². The fourth-order valence-electron chi connectivity index (χ4n) is 1.99. The Morgan fingerprint density at radius 2 is 2.32 bits per heavy atom. The van der Waals surface area contributed by atoms with Gasteiger partial charge in [-0.15, -0.1) is 11.8 Å². The second-order valence-electron chi connectivity index (χ2n) is 4.52. The first kappa shape index (κ1) is 14.3. The van der Waals surface area contributed by atoms with Crippen LogP contribution in [0.2, 0.25) is 5.02 Å². The second kappa shape index (κ2) is 6.35. The van der Waals surface area contributed by atoms with Crippen LogP contribution in [0.3, 0.4) is 0 Å². The van der Waals surface area contributed by atoms with E-state index in [0.717, 1.165) is 29.9 Å². The number of hydrogen-bond acceptors (Lipinski definition) is 3. The third-order valence-corrected chi connectivity index (χ3v) is 4.61. The average Bonchev–Trinajstić information content (AvgIpc) is 2.90. The Morgan fingerprint density at radius 3 is 2.95 bits per heavy atom. The summed E-state index contributed by atoms with van der Waals surface area (Å²) in [5.41, 5.74) is 7.40. The summed E-state index contributed by atoms with van der Waals surface area (Å²) in [7, 11) is 1.84. The summed E-state index contributed by atoms with van der Waals surface area (Å²) in [6.07, 6.45) is 5.35. The largest absolute Gasteiger partial charge is 0.399 e. The second-order valence-corrected chi connectivity index (χ2v) is 5.94. The van der Waals surface area contributed by atoms with E-state index in [1.54, 1.807) is 17.0 Å². The van der Waals surface area contributed by atoms with Gasteiger partial charge in [0.1, 0.15) is 0 Å². The van der Waals surface area contributed by atoms with Crippen molar-refractivity contribution in [2.24, 2.45) is 0 Å². The third-order valence-electron chi connectivity index (χ3n) is 3.13. The number of allylic oxidation sites excluding steroid dienone is 2. The van der Waals surface area contributed by atoms with Gasteiger partial charge >= 0.3 is 0 Å². The van der Waals surface area contributed by atoms with Crippen LogP contribution in [0.15, 0.2) is 34.9 Å². The van der Waals surface area contributed by atoms with Crippen LogP contribution in [-0.2, 0) is 4.79 Å². The van der Waals surface area contributed by atoms with Crippen molar-refractivity contribution in [2.75, 3.05) is 18.5 Å². The van der Waals surface area contributed by atoms with Crippen molar-refractivity contribution in [1.29, 1.82) is 0 Å². The van der Waals surface area contributed by atoms with Gasteiger partial charge in [-0.2, -0.15) is 0 Å². The number of nitrogens with zero attached hydrogens (tertiary/aromatic N) is 1. The monoisotopic (exact) mass is 296 g/mol. The maximum Gasteiger partial charge on any atom is 0.236 e. The van der Waals surface area contributed by atoms with Crippen molar-refractivity contribution in [3.8, 4) is 0 Å². The highest BCUT2D eigenvalue weighted by Crippen LogP contribution is 2.29. The van der Waals surface area contributed by atoms with Crippen LogP contribution < -0.4 is 5.73 Å². The molecule has 3 nitrogen and oxygen atoms in total. The van der Waals surface area contributed by atoms with Gasteiger partial charge in [0.05, 0.1) is 10.8 Å². The number of carbonyl (C=O) groups is 1. The quantitative estimate of drug-likeness (QED) is 0.683. The molecule has 19 heavy (non-hydrogen) atoms. The lowest BCUT2D eigenvalue weighted by molar-refractivity contribution is -0.125. The summed E-state index contributed by atoms with van der Waals surface area (Å²) in [6.45, 7) is 0. The van der Waals surface area contributed by atoms with E-state index in [1.807, 2.05) is 13.1 Å². The van der Waals surface area contributed by atoms with E-state index < -0.39 is 0 Å². The molecule has 1 aliphatic carbocycles. The van der Waals surface area contributed by atoms with E-state index in [9.17, 15) is 4.79 Å². The molecule has 1 aliphatic rings. The number of nitrogens with two attached hydrogens (primary N) is 1. The summed E-state index contributed by atoms with van der Waals surface area (Å²) < 4.78 is 0. The van der Waals surface area contributed by atoms with Gasteiger partial charge < -0.3 is 10.6 Å². The number of carbonyl (C=O) groups excluding carboxylic acids is 1. The van der Waals surface area contributed by atoms with Crippen LogP contribution in [0.5, 0.6) is 0 Å². The minimum Gasteiger partial charge on any atom is -0.399 e. The molecule has 0 aromatic heterocycles. The maximum absolute atomic E-state index is 12.1. The smallest absolute Gasteiger partial charge is 0.236 e. The number of nitrogen functional groups attached to an aromatic ring is 1. The van der Waals surface area contributed by atoms with Gasteiger partial charge in [0.25, 0.3) is 0 Å². The highest BCUT2D eigenvalue weighted by atomic mass is 35.5. The molecule has 1 aromatic rings. The fraction of sp³-hybridized carbons (Fsp3) is 0.357. The molecule has 0 atom stereocenters. The zero-order chi connectivity index (χ0) is 13.8. The maximum atomic E-state index is 12.1. The van der Waals surface area contributed by atoms with Crippen LogP contribution in [0, 0.1) is 0 Å². The summed E-state index contributed by atoms with van der Waals surface area (Å²) >= 11 is 7.53. The molecule has 0 radical (unpaired) electrons. The molecule has 0 spiro atoms. The number of rotatable bonds is 4. The minimum atomic E-state index is 0.103. The minimum absolute atomic E-state index is 0.103. The molecule has 1 amide bonds. The van der Waals surface area contributed by atoms with Crippen LogP contribution in [0.1, 0.15) is 19.3 Å². The summed E-state index contributed by atoms with van der Waals surface area (Å²) in [6, 6.07) is 5.35. The Kier molecular flexibility index (Phi) is 4.77. The molecule has 0 bridgehead atoms. The number of thioether (sulfide) groups is 1. The van der Waals surface area contributed by atoms with Crippen molar-refractivity contribution in [1.82, 2.24) is 4.90 Å². The predicted octanol–water partition coefficient (Wildman–Crippen LogP) is 3.54. The van der Waals surface area contributed by atoms with Crippen molar-refractivity contribution >= 4 is 35.0 Å². The summed E-state index contributed by atoms with van der Waals surface area (Å²) in [4.78, 5) is 14.7. The topological polar surface area (TPSA) is 46.3 Å². The molecule has 0 fully saturated rings. The van der Waals surface area contributed by atoms with Gasteiger partial charge in [-0.3, -0.25) is 4.79 Å². The zero-order valence-electron chi connectivity index (χ0n) is 10.9. The van der Waals surface area contributed by atoms with Crippen molar-refractivity contribution < 1.29 is 4.79 Å². The van der Waals surface area contributed by atoms with Crippen LogP contribution in [0.4, 0.5) is 5.69 Å². The molecule has 2 N–H and O–H groups in total. The Labute approximate surface area is 122 Å². The first-order valence-electron chi connectivity index (χ1n) is 6.21. The molecule has 0 unspecified atom stereocenters. The Bertz CT molecular complexity index is 516. The van der Waals surface area contributed by atoms with Gasteiger partial charge in [-0.1, -0.05) is 17.7 Å². The van der Waals surface area contributed by atoms with E-state index in [2.05, 4.69) is 6.08 Å². The molecule has 5 heteroatoms. The van der Waals surface area contributed by atoms with Gasteiger partial charge in [-0.25, -0.2) is 0 Å². The molecule has 0 saturated carbocycles. The van der Waals surface area contributed by atoms with Crippen LogP contribution >= 0.6 is 23.4 Å². The first-order valence-corrected chi connectivity index (χ1v) is 7.57. The van der Waals surface area contributed by atoms with Gasteiger partial charge in [0.15, 0.2) is 0 Å². The number of halogens is 1. The van der Waals surface area contributed by atoms with E-state index in [4.69, 9.17) is 17.3 Å². The zero-order valence-corrected chi connectivity index (χ0v) is 12.4. The first-order chi connectivity index (χ1) is 9.08. The van der Waals surface area contributed by atoms with Crippen molar-refractivity contribution in [3.05, 3.63) is 35.0 Å². The van der Waals surface area contributed by atoms with Gasteiger partial charge in [0, 0.05) is 23.3 Å². The SMILES string of the molecule is CN(C(=O)CSc1ccc(N)cc1Cl)C1=CCCC1. The Morgan fingerprint density at radius 1 is 1.53 bits per heavy atom. The van der Waals surface area contributed by atoms with E-state index >= 15 is 0 Å². The molecule has 2 rings (SSSR count). The number of amides is 1. The van der Waals surface area contributed by atoms with Gasteiger partial charge in [0.2, 0.25) is 5.91 Å². The molecule has 0 aliphatic heterocycles. The lowest BCUT2D eigenvalue weighted by atomic mass is 10.3. The average molecular weight is 297 g/mol. The molecular formula is C14H17ClN2OS. The third kappa shape index (κ3) is 3.67. The molecule has 102 valence electrons. The van der Waals surface area contributed by atoms with E-state index in [1.165, 1.54) is 11.8 Å². The fourth-order valence-corrected chi connectivity index (χ4v) is 3.18. The lowest BCUT2D eigenvalue weighted by Gasteiger charge is -2.18. The van der Waals surface area contributed by atoms with Crippen LogP contribution in [0.25, 0.3) is 0 Å². The highest BCUT2D eigenvalue weighted by Gasteiger charge is 2.16. The molecule has 0 heterocycles. The number of anilines is 1. The number of benzene rings is 1. The molecule has 1 aromatic carbocycles. The Hall–Kier alpha value is -1.13. The summed E-state index contributed by atoms with van der Waals surface area (Å²) in [5.74, 6) is 0.489. The highest BCUT2D eigenvalue weighted by molar-refractivity contribution is 8.00. The number of hydrogen-bond donors (Lipinski definition) is 1. The Balaban J connectivity index is 1.92. The normalized spacial score (nSPS) is 14.3. The van der Waals surface area contributed by atoms with Gasteiger partial charge in [-0.05, 0) is 37.5 Å². The van der Waals surface area contributed by atoms with Crippen molar-refractivity contribution in [3.63, 3.8) is 0 Å². The molecule has 0 saturated heterocycles. The van der Waals surface area contributed by atoms with Crippen molar-refractivity contribution in [2.45, 2.75) is 24.2 Å². The lowest BCUT2D eigenvalue weighted by Crippen LogP contribution is -2.26. The standard InChI is InChI=1S/C14H17ClN2OS/c1-17(11-4-2-3-5-11)14(18)9-19-13-7-6-10(16)8-12(13)15/h4,6-8H,2-3,5,9,16H2,1H3. The molecular weight excluding hydrogens is 280 g/mol. The van der Waals surface area contributed by atoms with E-state index in [-0.39, 0.29) is 5.91 Å². The predicted molar refractivity (Wildman–Crippen MR) is 81.3 cm³/mol.